The minimum Gasteiger partial charge on any atom is -0.344 e. The summed E-state index contributed by atoms with van der Waals surface area (Å²) < 4.78 is 0. The SMILES string of the molecule is O=C(Nc1nnc(N2CCN(C3C[C@@H]4CC[C@H]3C4)CC2)s1)NC1CCCC1. The number of rotatable bonds is 4. The Balaban J connectivity index is 1.11. The molecule has 2 heterocycles. The highest BCUT2D eigenvalue weighted by molar-refractivity contribution is 7.19. The van der Waals surface area contributed by atoms with E-state index in [2.05, 4.69) is 30.6 Å². The van der Waals surface area contributed by atoms with Crippen LogP contribution in [0.3, 0.4) is 0 Å². The van der Waals surface area contributed by atoms with Gasteiger partial charge in [-0.15, -0.1) is 10.2 Å². The summed E-state index contributed by atoms with van der Waals surface area (Å²) in [4.78, 5) is 17.1. The molecule has 0 aromatic carbocycles. The molecule has 1 saturated heterocycles. The third-order valence-corrected chi connectivity index (χ3v) is 7.98. The summed E-state index contributed by atoms with van der Waals surface area (Å²) in [5, 5.41) is 15.9. The van der Waals surface area contributed by atoms with Crippen molar-refractivity contribution in [2.45, 2.75) is 63.5 Å². The zero-order valence-electron chi connectivity index (χ0n) is 15.9. The predicted octanol–water partition coefficient (Wildman–Crippen LogP) is 2.91. The largest absolute Gasteiger partial charge is 0.344 e. The minimum absolute atomic E-state index is 0.147. The van der Waals surface area contributed by atoms with Crippen LogP contribution in [-0.2, 0) is 0 Å². The summed E-state index contributed by atoms with van der Waals surface area (Å²) >= 11 is 1.48. The Bertz CT molecular complexity index is 667. The van der Waals surface area contributed by atoms with Crippen LogP contribution in [0.4, 0.5) is 15.1 Å². The first-order valence-electron chi connectivity index (χ1n) is 10.6. The quantitative estimate of drug-likeness (QED) is 0.827. The summed E-state index contributed by atoms with van der Waals surface area (Å²) in [6, 6.07) is 0.999. The molecule has 5 rings (SSSR count). The van der Waals surface area contributed by atoms with Gasteiger partial charge in [-0.2, -0.15) is 0 Å². The van der Waals surface area contributed by atoms with Gasteiger partial charge in [-0.25, -0.2) is 4.79 Å². The monoisotopic (exact) mass is 390 g/mol. The second-order valence-corrected chi connectivity index (χ2v) is 9.69. The van der Waals surface area contributed by atoms with E-state index in [0.717, 1.165) is 62.0 Å². The summed E-state index contributed by atoms with van der Waals surface area (Å²) in [7, 11) is 0. The van der Waals surface area contributed by atoms with E-state index < -0.39 is 0 Å². The maximum Gasteiger partial charge on any atom is 0.321 e. The van der Waals surface area contributed by atoms with Crippen LogP contribution in [-0.4, -0.2) is 59.4 Å². The topological polar surface area (TPSA) is 73.4 Å². The number of aromatic nitrogens is 2. The lowest BCUT2D eigenvalue weighted by Crippen LogP contribution is -2.51. The van der Waals surface area contributed by atoms with Gasteiger partial charge in [0, 0.05) is 38.3 Å². The number of amides is 2. The summed E-state index contributed by atoms with van der Waals surface area (Å²) in [6.45, 7) is 4.27. The van der Waals surface area contributed by atoms with E-state index >= 15 is 0 Å². The standard InChI is InChI=1S/C19H30N6OS/c26-17(20-15-3-1-2-4-15)21-18-22-23-19(27-18)25-9-7-24(8-10-25)16-12-13-5-6-14(16)11-13/h13-16H,1-12H2,(H2,20,21,22,26)/t13-,14+,16?/m1/s1. The Hall–Kier alpha value is -1.41. The molecular weight excluding hydrogens is 360 g/mol. The predicted molar refractivity (Wildman–Crippen MR) is 107 cm³/mol. The van der Waals surface area contributed by atoms with Gasteiger partial charge in [-0.3, -0.25) is 10.2 Å². The summed E-state index contributed by atoms with van der Waals surface area (Å²) in [5.74, 6) is 1.96. The Morgan fingerprint density at radius 2 is 1.81 bits per heavy atom. The molecule has 1 aromatic rings. The van der Waals surface area contributed by atoms with Gasteiger partial charge in [0.2, 0.25) is 10.3 Å². The fraction of sp³-hybridized carbons (Fsp3) is 0.842. The van der Waals surface area contributed by atoms with Crippen molar-refractivity contribution >= 4 is 27.6 Å². The van der Waals surface area contributed by atoms with Crippen molar-refractivity contribution in [1.29, 1.82) is 0 Å². The Labute approximate surface area is 164 Å². The van der Waals surface area contributed by atoms with Crippen LogP contribution in [0.5, 0.6) is 0 Å². The van der Waals surface area contributed by atoms with Gasteiger partial charge in [-0.05, 0) is 43.9 Å². The van der Waals surface area contributed by atoms with Gasteiger partial charge < -0.3 is 10.2 Å². The lowest BCUT2D eigenvalue weighted by molar-refractivity contribution is 0.135. The molecule has 0 spiro atoms. The molecule has 4 fully saturated rings. The number of piperazine rings is 1. The molecule has 3 atom stereocenters. The van der Waals surface area contributed by atoms with Crippen molar-refractivity contribution in [3.63, 3.8) is 0 Å². The molecule has 0 radical (unpaired) electrons. The van der Waals surface area contributed by atoms with Crippen molar-refractivity contribution in [1.82, 2.24) is 20.4 Å². The van der Waals surface area contributed by atoms with E-state index in [9.17, 15) is 4.79 Å². The van der Waals surface area contributed by atoms with Crippen molar-refractivity contribution in [2.24, 2.45) is 11.8 Å². The van der Waals surface area contributed by atoms with Crippen molar-refractivity contribution in [3.8, 4) is 0 Å². The first-order valence-corrected chi connectivity index (χ1v) is 11.5. The first-order chi connectivity index (χ1) is 13.2. The van der Waals surface area contributed by atoms with Gasteiger partial charge in [0.25, 0.3) is 0 Å². The normalized spacial score (nSPS) is 31.6. The molecule has 3 aliphatic carbocycles. The van der Waals surface area contributed by atoms with Crippen LogP contribution in [0.2, 0.25) is 0 Å². The second kappa shape index (κ2) is 7.54. The van der Waals surface area contributed by atoms with Crippen LogP contribution in [0.15, 0.2) is 0 Å². The molecule has 4 aliphatic rings. The smallest absolute Gasteiger partial charge is 0.321 e. The number of urea groups is 1. The third-order valence-electron chi connectivity index (χ3n) is 7.08. The van der Waals surface area contributed by atoms with E-state index in [1.54, 1.807) is 0 Å². The molecule has 1 aromatic heterocycles. The van der Waals surface area contributed by atoms with Gasteiger partial charge in [0.1, 0.15) is 0 Å². The number of carbonyl (C=O) groups is 1. The minimum atomic E-state index is -0.147. The van der Waals surface area contributed by atoms with Crippen LogP contribution < -0.4 is 15.5 Å². The highest BCUT2D eigenvalue weighted by Crippen LogP contribution is 2.46. The van der Waals surface area contributed by atoms with Crippen molar-refractivity contribution in [3.05, 3.63) is 0 Å². The summed E-state index contributed by atoms with van der Waals surface area (Å²) in [5.41, 5.74) is 0. The molecular formula is C19H30N6OS. The molecule has 148 valence electrons. The number of anilines is 2. The maximum atomic E-state index is 12.1. The zero-order valence-corrected chi connectivity index (χ0v) is 16.7. The van der Waals surface area contributed by atoms with Gasteiger partial charge in [0.05, 0.1) is 0 Å². The van der Waals surface area contributed by atoms with E-state index in [1.807, 2.05) is 0 Å². The number of nitrogens with one attached hydrogen (secondary N) is 2. The molecule has 1 aliphatic heterocycles. The summed E-state index contributed by atoms with van der Waals surface area (Å²) in [6.07, 6.45) is 10.4. The molecule has 2 amide bonds. The molecule has 2 N–H and O–H groups in total. The lowest BCUT2D eigenvalue weighted by Gasteiger charge is -2.40. The fourth-order valence-electron chi connectivity index (χ4n) is 5.69. The first kappa shape index (κ1) is 17.7. The molecule has 3 saturated carbocycles. The van der Waals surface area contributed by atoms with Gasteiger partial charge >= 0.3 is 6.03 Å². The second-order valence-electron chi connectivity index (χ2n) is 8.73. The van der Waals surface area contributed by atoms with E-state index in [4.69, 9.17) is 0 Å². The Morgan fingerprint density at radius 3 is 2.52 bits per heavy atom. The van der Waals surface area contributed by atoms with Gasteiger partial charge in [0.15, 0.2) is 0 Å². The highest BCUT2D eigenvalue weighted by Gasteiger charge is 2.42. The molecule has 27 heavy (non-hydrogen) atoms. The average molecular weight is 391 g/mol. The third kappa shape index (κ3) is 3.78. The maximum absolute atomic E-state index is 12.1. The number of hydrogen-bond acceptors (Lipinski definition) is 6. The van der Waals surface area contributed by atoms with Crippen LogP contribution in [0, 0.1) is 11.8 Å². The Kier molecular flexibility index (Phi) is 4.94. The van der Waals surface area contributed by atoms with Crippen molar-refractivity contribution < 1.29 is 4.79 Å². The molecule has 7 nitrogen and oxygen atoms in total. The van der Waals surface area contributed by atoms with Crippen molar-refractivity contribution in [2.75, 3.05) is 36.4 Å². The van der Waals surface area contributed by atoms with E-state index in [0.29, 0.717) is 11.2 Å². The lowest BCUT2D eigenvalue weighted by atomic mass is 9.93. The number of nitrogens with zero attached hydrogens (tertiary/aromatic N) is 4. The van der Waals surface area contributed by atoms with E-state index in [1.165, 1.54) is 49.9 Å². The van der Waals surface area contributed by atoms with Gasteiger partial charge in [-0.1, -0.05) is 30.6 Å². The van der Waals surface area contributed by atoms with Crippen LogP contribution in [0.1, 0.15) is 51.4 Å². The highest BCUT2D eigenvalue weighted by atomic mass is 32.1. The van der Waals surface area contributed by atoms with Crippen LogP contribution >= 0.6 is 11.3 Å². The average Bonchev–Trinajstić information content (AvgIpc) is 3.47. The molecule has 8 heteroatoms. The molecule has 2 bridgehead atoms. The number of hydrogen-bond donors (Lipinski definition) is 2. The zero-order chi connectivity index (χ0) is 18.2. The Morgan fingerprint density at radius 1 is 1.00 bits per heavy atom. The number of carbonyl (C=O) groups excluding carboxylic acids is 1. The fourth-order valence-corrected chi connectivity index (χ4v) is 6.48. The van der Waals surface area contributed by atoms with E-state index in [-0.39, 0.29) is 6.03 Å². The molecule has 1 unspecified atom stereocenters. The number of fused-ring (bicyclic) bond motifs is 2. The van der Waals surface area contributed by atoms with Crippen LogP contribution in [0.25, 0.3) is 0 Å².